The Kier molecular flexibility index (Phi) is 4.32. The van der Waals surface area contributed by atoms with Gasteiger partial charge in [0.2, 0.25) is 0 Å². The molecule has 0 radical (unpaired) electrons. The number of halogens is 3. The van der Waals surface area contributed by atoms with Gasteiger partial charge in [0.25, 0.3) is 0 Å². The zero-order valence-electron chi connectivity index (χ0n) is 11.3. The predicted molar refractivity (Wildman–Crippen MR) is 72.5 cm³/mol. The van der Waals surface area contributed by atoms with E-state index in [2.05, 4.69) is 20.7 Å². The molecule has 0 bridgehead atoms. The van der Waals surface area contributed by atoms with Crippen molar-refractivity contribution in [1.29, 1.82) is 0 Å². The van der Waals surface area contributed by atoms with Gasteiger partial charge in [-0.1, -0.05) is 0 Å². The standard InChI is InChI=1S/C12H15F3N6/c1-21-5-4-18-11(21)2-3-17-9-6-8(12(13,14)15)7-10(19-9)20-16/h4-7H,2-3,16H2,1H3,(H2,17,19,20). The molecule has 9 heteroatoms. The van der Waals surface area contributed by atoms with Crippen molar-refractivity contribution in [1.82, 2.24) is 14.5 Å². The van der Waals surface area contributed by atoms with E-state index in [4.69, 9.17) is 5.84 Å². The highest BCUT2D eigenvalue weighted by Crippen LogP contribution is 2.31. The maximum atomic E-state index is 12.7. The molecule has 0 spiro atoms. The Morgan fingerprint density at radius 1 is 1.29 bits per heavy atom. The number of nitrogens with two attached hydrogens (primary N) is 1. The first kappa shape index (κ1) is 15.1. The number of aryl methyl sites for hydroxylation is 1. The number of hydrazine groups is 1. The summed E-state index contributed by atoms with van der Waals surface area (Å²) in [5, 5.41) is 2.84. The first-order chi connectivity index (χ1) is 9.90. The van der Waals surface area contributed by atoms with E-state index in [1.807, 2.05) is 11.6 Å². The largest absolute Gasteiger partial charge is 0.416 e. The highest BCUT2D eigenvalue weighted by molar-refractivity contribution is 5.49. The number of alkyl halides is 3. The smallest absolute Gasteiger partial charge is 0.370 e. The summed E-state index contributed by atoms with van der Waals surface area (Å²) in [5.74, 6) is 6.01. The van der Waals surface area contributed by atoms with Gasteiger partial charge >= 0.3 is 6.18 Å². The van der Waals surface area contributed by atoms with Gasteiger partial charge in [0, 0.05) is 32.4 Å². The van der Waals surface area contributed by atoms with E-state index >= 15 is 0 Å². The van der Waals surface area contributed by atoms with E-state index in [9.17, 15) is 13.2 Å². The lowest BCUT2D eigenvalue weighted by atomic mass is 10.2. The molecule has 0 unspecified atom stereocenters. The lowest BCUT2D eigenvalue weighted by Gasteiger charge is -2.12. The summed E-state index contributed by atoms with van der Waals surface area (Å²) < 4.78 is 40.1. The highest BCUT2D eigenvalue weighted by atomic mass is 19.4. The van der Waals surface area contributed by atoms with Crippen LogP contribution >= 0.6 is 0 Å². The van der Waals surface area contributed by atoms with Crippen molar-refractivity contribution >= 4 is 11.6 Å². The lowest BCUT2D eigenvalue weighted by Crippen LogP contribution is -2.15. The van der Waals surface area contributed by atoms with Crippen molar-refractivity contribution in [2.24, 2.45) is 12.9 Å². The second-order valence-electron chi connectivity index (χ2n) is 4.40. The molecule has 0 aliphatic rings. The number of anilines is 2. The van der Waals surface area contributed by atoms with E-state index in [1.54, 1.807) is 12.4 Å². The fourth-order valence-electron chi connectivity index (χ4n) is 1.80. The molecule has 0 saturated heterocycles. The maximum absolute atomic E-state index is 12.7. The van der Waals surface area contributed by atoms with Crippen molar-refractivity contribution in [3.63, 3.8) is 0 Å². The Bertz CT molecular complexity index is 607. The molecule has 2 aromatic rings. The van der Waals surface area contributed by atoms with Crippen LogP contribution in [0.25, 0.3) is 0 Å². The predicted octanol–water partition coefficient (Wildman–Crippen LogP) is 1.77. The van der Waals surface area contributed by atoms with E-state index in [0.29, 0.717) is 13.0 Å². The molecule has 0 saturated carbocycles. The normalized spacial score (nSPS) is 11.5. The summed E-state index contributed by atoms with van der Waals surface area (Å²) >= 11 is 0. The highest BCUT2D eigenvalue weighted by Gasteiger charge is 2.31. The van der Waals surface area contributed by atoms with E-state index in [0.717, 1.165) is 18.0 Å². The van der Waals surface area contributed by atoms with Gasteiger partial charge in [0.05, 0.1) is 5.56 Å². The number of nitrogen functional groups attached to an aromatic ring is 1. The van der Waals surface area contributed by atoms with E-state index in [-0.39, 0.29) is 11.6 Å². The molecule has 0 aromatic carbocycles. The molecular formula is C12H15F3N6. The molecule has 4 N–H and O–H groups in total. The van der Waals surface area contributed by atoms with Crippen LogP contribution in [0.2, 0.25) is 0 Å². The molecule has 2 heterocycles. The minimum absolute atomic E-state index is 0.0516. The number of nitrogens with zero attached hydrogens (tertiary/aromatic N) is 3. The first-order valence-corrected chi connectivity index (χ1v) is 6.16. The van der Waals surface area contributed by atoms with E-state index < -0.39 is 11.7 Å². The van der Waals surface area contributed by atoms with Gasteiger partial charge in [-0.15, -0.1) is 0 Å². The molecule has 2 aromatic heterocycles. The Morgan fingerprint density at radius 3 is 2.57 bits per heavy atom. The van der Waals surface area contributed by atoms with Crippen molar-refractivity contribution in [2.75, 3.05) is 17.3 Å². The van der Waals surface area contributed by atoms with Gasteiger partial charge in [0.15, 0.2) is 0 Å². The minimum Gasteiger partial charge on any atom is -0.370 e. The van der Waals surface area contributed by atoms with Crippen molar-refractivity contribution < 1.29 is 13.2 Å². The number of aromatic nitrogens is 3. The van der Waals surface area contributed by atoms with Gasteiger partial charge in [0.1, 0.15) is 17.5 Å². The van der Waals surface area contributed by atoms with Crippen LogP contribution in [0.15, 0.2) is 24.5 Å². The number of nitrogens with one attached hydrogen (secondary N) is 2. The molecule has 0 aliphatic carbocycles. The third-order valence-corrected chi connectivity index (χ3v) is 2.88. The third kappa shape index (κ3) is 3.85. The van der Waals surface area contributed by atoms with Crippen LogP contribution in [0.4, 0.5) is 24.8 Å². The number of rotatable bonds is 5. The Balaban J connectivity index is 2.07. The van der Waals surface area contributed by atoms with Gasteiger partial charge in [-0.05, 0) is 12.1 Å². The number of hydrogen-bond acceptors (Lipinski definition) is 5. The van der Waals surface area contributed by atoms with Crippen molar-refractivity contribution in [3.05, 3.63) is 35.9 Å². The number of pyridine rings is 1. The van der Waals surface area contributed by atoms with Crippen molar-refractivity contribution in [3.8, 4) is 0 Å². The third-order valence-electron chi connectivity index (χ3n) is 2.88. The van der Waals surface area contributed by atoms with Gasteiger partial charge in [-0.25, -0.2) is 15.8 Å². The number of imidazole rings is 1. The Morgan fingerprint density at radius 2 is 2.00 bits per heavy atom. The lowest BCUT2D eigenvalue weighted by molar-refractivity contribution is -0.137. The van der Waals surface area contributed by atoms with Crippen LogP contribution < -0.4 is 16.6 Å². The van der Waals surface area contributed by atoms with Crippen LogP contribution in [0.5, 0.6) is 0 Å². The average Bonchev–Trinajstić information content (AvgIpc) is 2.83. The summed E-state index contributed by atoms with van der Waals surface area (Å²) in [6.07, 6.45) is -0.430. The fourth-order valence-corrected chi connectivity index (χ4v) is 1.80. The van der Waals surface area contributed by atoms with Crippen LogP contribution in [0, 0.1) is 0 Å². The molecule has 2 rings (SSSR count). The number of hydrogen-bond donors (Lipinski definition) is 3. The van der Waals surface area contributed by atoms with Crippen LogP contribution in [-0.4, -0.2) is 21.1 Å². The summed E-state index contributed by atoms with van der Waals surface area (Å²) in [4.78, 5) is 8.06. The van der Waals surface area contributed by atoms with Gasteiger partial charge in [-0.3, -0.25) is 0 Å². The molecule has 0 fully saturated rings. The molecule has 0 atom stereocenters. The average molecular weight is 300 g/mol. The molecule has 114 valence electrons. The first-order valence-electron chi connectivity index (χ1n) is 6.16. The van der Waals surface area contributed by atoms with Gasteiger partial charge < -0.3 is 15.3 Å². The molecule has 21 heavy (non-hydrogen) atoms. The zero-order chi connectivity index (χ0) is 15.5. The van der Waals surface area contributed by atoms with Crippen LogP contribution in [-0.2, 0) is 19.6 Å². The van der Waals surface area contributed by atoms with Crippen molar-refractivity contribution in [2.45, 2.75) is 12.6 Å². The topological polar surface area (TPSA) is 80.8 Å². The monoisotopic (exact) mass is 300 g/mol. The molecular weight excluding hydrogens is 285 g/mol. The second kappa shape index (κ2) is 6.00. The van der Waals surface area contributed by atoms with Gasteiger partial charge in [-0.2, -0.15) is 13.2 Å². The quantitative estimate of drug-likeness (QED) is 0.579. The summed E-state index contributed by atoms with van der Waals surface area (Å²) in [5.41, 5.74) is 1.31. The Hall–Kier alpha value is -2.29. The van der Waals surface area contributed by atoms with Crippen LogP contribution in [0.3, 0.4) is 0 Å². The summed E-state index contributed by atoms with van der Waals surface area (Å²) in [6, 6.07) is 1.79. The van der Waals surface area contributed by atoms with E-state index in [1.165, 1.54) is 0 Å². The second-order valence-corrected chi connectivity index (χ2v) is 4.40. The molecule has 6 nitrogen and oxygen atoms in total. The SMILES string of the molecule is Cn1ccnc1CCNc1cc(C(F)(F)F)cc(NN)n1. The summed E-state index contributed by atoms with van der Waals surface area (Å²) in [7, 11) is 1.85. The Labute approximate surface area is 119 Å². The maximum Gasteiger partial charge on any atom is 0.416 e. The molecule has 0 amide bonds. The van der Waals surface area contributed by atoms with Crippen LogP contribution in [0.1, 0.15) is 11.4 Å². The summed E-state index contributed by atoms with van der Waals surface area (Å²) in [6.45, 7) is 0.406. The fraction of sp³-hybridized carbons (Fsp3) is 0.333. The molecule has 0 aliphatic heterocycles. The minimum atomic E-state index is -4.45. The zero-order valence-corrected chi connectivity index (χ0v) is 11.3.